The summed E-state index contributed by atoms with van der Waals surface area (Å²) in [4.78, 5) is 56.1. The summed E-state index contributed by atoms with van der Waals surface area (Å²) in [5, 5.41) is 5.28. The molecular weight excluding hydrogens is 523 g/mol. The molecule has 5 amide bonds. The van der Waals surface area contributed by atoms with Crippen LogP contribution >= 0.6 is 0 Å². The average molecular weight is 564 g/mol. The van der Waals surface area contributed by atoms with Crippen LogP contribution in [0.15, 0.2) is 0 Å². The summed E-state index contributed by atoms with van der Waals surface area (Å²) >= 11 is 0. The number of carbonyl (C=O) groups excluding carboxylic acids is 5. The number of nitrogens with one attached hydrogen (secondary N) is 2. The smallest absolute Gasteiger partial charge is 0.378 e. The van der Waals surface area contributed by atoms with E-state index in [0.717, 1.165) is 44.2 Å². The van der Waals surface area contributed by atoms with Crippen LogP contribution in [-0.2, 0) is 28.7 Å². The summed E-state index contributed by atoms with van der Waals surface area (Å²) < 4.78 is 37.4. The number of fused-ring (bicyclic) bond motifs is 1. The number of nitrogens with zero attached hydrogens (tertiary/aromatic N) is 1. The lowest BCUT2D eigenvalue weighted by Crippen LogP contribution is -2.42. The number of alkyl halides is 3. The van der Waals surface area contributed by atoms with Crippen molar-refractivity contribution in [1.29, 1.82) is 0 Å². The summed E-state index contributed by atoms with van der Waals surface area (Å²) in [6, 6.07) is -0.748. The third-order valence-electron chi connectivity index (χ3n) is 8.27. The lowest BCUT2D eigenvalue weighted by molar-refractivity contribution is -0.169. The van der Waals surface area contributed by atoms with E-state index in [1.807, 2.05) is 18.7 Å². The van der Waals surface area contributed by atoms with Crippen molar-refractivity contribution < 1.29 is 41.9 Å². The maximum atomic E-state index is 12.0. The van der Waals surface area contributed by atoms with Crippen LogP contribution in [0.4, 0.5) is 13.2 Å². The first-order chi connectivity index (χ1) is 17.8. The number of amides is 5. The minimum Gasteiger partial charge on any atom is -0.378 e. The third-order valence-corrected chi connectivity index (χ3v) is 8.27. The normalized spacial score (nSPS) is 26.1. The molecule has 0 aromatic carbocycles. The van der Waals surface area contributed by atoms with Gasteiger partial charge in [-0.05, 0) is 56.8 Å². The molecule has 0 radical (unpaired) electrons. The van der Waals surface area contributed by atoms with Crippen LogP contribution in [0.25, 0.3) is 0 Å². The van der Waals surface area contributed by atoms with Crippen LogP contribution in [0.1, 0.15) is 59.8 Å². The number of hydrogen-bond acceptors (Lipinski definition) is 6. The third kappa shape index (κ3) is 8.54. The van der Waals surface area contributed by atoms with E-state index in [0.29, 0.717) is 24.7 Å². The molecule has 4 fully saturated rings. The van der Waals surface area contributed by atoms with Crippen molar-refractivity contribution in [3.8, 4) is 0 Å². The average Bonchev–Trinajstić information content (AvgIpc) is 3.49. The monoisotopic (exact) mass is 563 g/mol. The second-order valence-electron chi connectivity index (χ2n) is 12.0. The van der Waals surface area contributed by atoms with Crippen molar-refractivity contribution in [2.45, 2.75) is 83.2 Å². The number of nitrogens with two attached hydrogens (primary N) is 2. The lowest BCUT2D eigenvalue weighted by atomic mass is 9.95. The van der Waals surface area contributed by atoms with Crippen LogP contribution < -0.4 is 22.1 Å². The van der Waals surface area contributed by atoms with E-state index in [-0.39, 0.29) is 28.9 Å². The zero-order chi connectivity index (χ0) is 30.0. The van der Waals surface area contributed by atoms with E-state index in [9.17, 15) is 32.3 Å². The summed E-state index contributed by atoms with van der Waals surface area (Å²) in [5.74, 6) is -1.38. The molecule has 4 unspecified atom stereocenters. The van der Waals surface area contributed by atoms with E-state index in [1.54, 1.807) is 7.11 Å². The summed E-state index contributed by atoms with van der Waals surface area (Å²) in [6.45, 7) is 10.5. The molecule has 2 aliphatic carbocycles. The van der Waals surface area contributed by atoms with E-state index in [4.69, 9.17) is 15.3 Å². The molecule has 39 heavy (non-hydrogen) atoms. The highest BCUT2D eigenvalue weighted by Crippen LogP contribution is 2.62. The number of rotatable bonds is 8. The van der Waals surface area contributed by atoms with Crippen molar-refractivity contribution >= 4 is 30.0 Å². The van der Waals surface area contributed by atoms with Crippen molar-refractivity contribution in [3.63, 3.8) is 0 Å². The maximum absolute atomic E-state index is 12.0. The molecule has 0 bridgehead atoms. The van der Waals surface area contributed by atoms with Gasteiger partial charge in [0.05, 0.1) is 12.0 Å². The van der Waals surface area contributed by atoms with Gasteiger partial charge in [0.2, 0.25) is 24.1 Å². The van der Waals surface area contributed by atoms with Crippen LogP contribution in [0.5, 0.6) is 0 Å². The van der Waals surface area contributed by atoms with Gasteiger partial charge in [-0.2, -0.15) is 13.2 Å². The molecule has 4 atom stereocenters. The highest BCUT2D eigenvalue weighted by molar-refractivity contribution is 5.86. The van der Waals surface area contributed by atoms with Gasteiger partial charge in [0.25, 0.3) is 0 Å². The van der Waals surface area contributed by atoms with Crippen molar-refractivity contribution in [2.24, 2.45) is 34.6 Å². The minimum atomic E-state index is -4.86. The van der Waals surface area contributed by atoms with Crippen molar-refractivity contribution in [1.82, 2.24) is 15.5 Å². The SMILES string of the molecule is COC(C)(C)CC(=O)N1CC2C(C1)C2(C)C.NC(=O)C(CC1CC2(CC2)NC1=O)NC=O.NC(=O)C(F)(F)F. The molecular formula is C25H40F3N5O6. The number of piperidine rings is 1. The largest absolute Gasteiger partial charge is 0.470 e. The number of likely N-dealkylation sites (tertiary alicyclic amines) is 1. The van der Waals surface area contributed by atoms with Gasteiger partial charge in [-0.3, -0.25) is 24.0 Å². The zero-order valence-corrected chi connectivity index (χ0v) is 23.0. The topological polar surface area (TPSA) is 174 Å². The molecule has 0 aromatic rings. The second-order valence-corrected chi connectivity index (χ2v) is 12.0. The fraction of sp³-hybridized carbons (Fsp3) is 0.800. The van der Waals surface area contributed by atoms with Gasteiger partial charge in [0, 0.05) is 31.7 Å². The Morgan fingerprint density at radius 1 is 1.18 bits per heavy atom. The quantitative estimate of drug-likeness (QED) is 0.315. The Bertz CT molecular complexity index is 952. The number of methoxy groups -OCH3 is 1. The standard InChI is InChI=1S/C13H23NO2.C10H15N3O3.C2H2F3NO/c1-12(2,16-5)6-11(15)14-7-9-10(8-14)13(9,3)4;11-8(15)7(12-5-14)3-6-4-10(1-2-10)13-9(6)16;3-2(4,5)1(6)7/h9-10H,6-8H2,1-5H3;5-7H,1-4H2,(H2,11,15)(H,12,14)(H,13,16);(H2,6,7). The van der Waals surface area contributed by atoms with Crippen LogP contribution in [0.2, 0.25) is 0 Å². The maximum Gasteiger partial charge on any atom is 0.470 e. The molecule has 2 heterocycles. The fourth-order valence-electron chi connectivity index (χ4n) is 5.17. The number of primary amides is 2. The number of carbonyl (C=O) groups is 5. The molecule has 4 rings (SSSR count). The predicted molar refractivity (Wildman–Crippen MR) is 133 cm³/mol. The number of halogens is 3. The van der Waals surface area contributed by atoms with Gasteiger partial charge in [-0.25, -0.2) is 0 Å². The molecule has 222 valence electrons. The van der Waals surface area contributed by atoms with Gasteiger partial charge in [-0.1, -0.05) is 13.8 Å². The van der Waals surface area contributed by atoms with Gasteiger partial charge in [0.1, 0.15) is 6.04 Å². The van der Waals surface area contributed by atoms with Gasteiger partial charge < -0.3 is 31.7 Å². The summed E-state index contributed by atoms with van der Waals surface area (Å²) in [5.41, 5.74) is 9.08. The zero-order valence-electron chi connectivity index (χ0n) is 23.0. The summed E-state index contributed by atoms with van der Waals surface area (Å²) in [6.07, 6.45) is -0.870. The molecule has 11 nitrogen and oxygen atoms in total. The van der Waals surface area contributed by atoms with Crippen molar-refractivity contribution in [2.75, 3.05) is 20.2 Å². The second kappa shape index (κ2) is 11.7. The first-order valence-corrected chi connectivity index (χ1v) is 12.8. The van der Waals surface area contributed by atoms with E-state index >= 15 is 0 Å². The van der Waals surface area contributed by atoms with Gasteiger partial charge >= 0.3 is 12.1 Å². The van der Waals surface area contributed by atoms with Crippen molar-refractivity contribution in [3.05, 3.63) is 0 Å². The molecule has 6 N–H and O–H groups in total. The molecule has 2 saturated carbocycles. The van der Waals surface area contributed by atoms with Crippen LogP contribution in [-0.4, -0.2) is 78.5 Å². The highest BCUT2D eigenvalue weighted by Gasteiger charge is 2.62. The Morgan fingerprint density at radius 2 is 1.69 bits per heavy atom. The molecule has 14 heteroatoms. The highest BCUT2D eigenvalue weighted by atomic mass is 19.4. The van der Waals surface area contributed by atoms with Crippen LogP contribution in [0.3, 0.4) is 0 Å². The summed E-state index contributed by atoms with van der Waals surface area (Å²) in [7, 11) is 1.66. The van der Waals surface area contributed by atoms with E-state index in [2.05, 4.69) is 30.2 Å². The first-order valence-electron chi connectivity index (χ1n) is 12.8. The van der Waals surface area contributed by atoms with Gasteiger partial charge in [-0.15, -0.1) is 0 Å². The Balaban J connectivity index is 0.000000222. The molecule has 2 aliphatic heterocycles. The minimum absolute atomic E-state index is 0.00880. The number of hydrogen-bond donors (Lipinski definition) is 4. The van der Waals surface area contributed by atoms with E-state index in [1.165, 1.54) is 0 Å². The predicted octanol–water partition coefficient (Wildman–Crippen LogP) is 0.595. The Labute approximate surface area is 225 Å². The van der Waals surface area contributed by atoms with Gasteiger partial charge in [0.15, 0.2) is 0 Å². The Hall–Kier alpha value is -2.90. The molecule has 0 aromatic heterocycles. The first kappa shape index (κ1) is 32.3. The molecule has 4 aliphatic rings. The Kier molecular flexibility index (Phi) is 9.68. The molecule has 1 spiro atoms. The van der Waals surface area contributed by atoms with Crippen LogP contribution in [0, 0.1) is 23.2 Å². The molecule has 2 saturated heterocycles. The lowest BCUT2D eigenvalue weighted by Gasteiger charge is -2.27. The van der Waals surface area contributed by atoms with E-state index < -0.39 is 24.0 Å². The fourth-order valence-corrected chi connectivity index (χ4v) is 5.17. The number of ether oxygens (including phenoxy) is 1. The Morgan fingerprint density at radius 3 is 2.05 bits per heavy atom.